The first kappa shape index (κ1) is 14.8. The number of likely N-dealkylation sites (N-methyl/N-ethyl adjacent to an activating group) is 2. The Labute approximate surface area is 116 Å². The van der Waals surface area contributed by atoms with Gasteiger partial charge in [-0.25, -0.2) is 0 Å². The molecule has 0 saturated carbocycles. The van der Waals surface area contributed by atoms with Crippen LogP contribution in [0.25, 0.3) is 0 Å². The number of piperidine rings is 1. The number of carbonyl (C=O) groups is 1. The Morgan fingerprint density at radius 2 is 2.21 bits per heavy atom. The van der Waals surface area contributed by atoms with E-state index >= 15 is 0 Å². The van der Waals surface area contributed by atoms with E-state index in [4.69, 9.17) is 0 Å². The molecule has 1 amide bonds. The maximum atomic E-state index is 12.4. The van der Waals surface area contributed by atoms with Crippen LogP contribution >= 0.6 is 0 Å². The number of carbonyl (C=O) groups excluding carboxylic acids is 1. The lowest BCUT2D eigenvalue weighted by atomic mass is 9.82. The third kappa shape index (κ3) is 3.68. The number of amides is 1. The summed E-state index contributed by atoms with van der Waals surface area (Å²) >= 11 is 0. The minimum Gasteiger partial charge on any atom is -0.354 e. The molecule has 5 nitrogen and oxygen atoms in total. The van der Waals surface area contributed by atoms with Crippen LogP contribution in [-0.4, -0.2) is 75.1 Å². The number of hydrogen-bond acceptors (Lipinski definition) is 4. The molecule has 0 aromatic carbocycles. The van der Waals surface area contributed by atoms with E-state index in [0.717, 1.165) is 52.1 Å². The quantitative estimate of drug-likeness (QED) is 0.740. The van der Waals surface area contributed by atoms with Crippen LogP contribution in [-0.2, 0) is 4.79 Å². The molecule has 2 aliphatic heterocycles. The molecular weight excluding hydrogens is 240 g/mol. The van der Waals surface area contributed by atoms with Gasteiger partial charge in [0, 0.05) is 38.8 Å². The molecule has 2 atom stereocenters. The van der Waals surface area contributed by atoms with Gasteiger partial charge in [0.1, 0.15) is 0 Å². The SMILES string of the molecule is CN1CCN(C)C(CNC(=O)C2(C)CCCNC2)C1. The summed E-state index contributed by atoms with van der Waals surface area (Å²) in [6.07, 6.45) is 2.09. The molecule has 0 aromatic heterocycles. The smallest absolute Gasteiger partial charge is 0.227 e. The second-order valence-corrected chi connectivity index (χ2v) is 6.45. The largest absolute Gasteiger partial charge is 0.354 e. The first-order valence-corrected chi connectivity index (χ1v) is 7.39. The standard InChI is InChI=1S/C14H28N4O/c1-14(5-4-6-15-11-14)13(19)16-9-12-10-17(2)7-8-18(12)3/h12,15H,4-11H2,1-3H3,(H,16,19). The average Bonchev–Trinajstić information content (AvgIpc) is 2.40. The minimum atomic E-state index is -0.225. The summed E-state index contributed by atoms with van der Waals surface area (Å²) in [6, 6.07) is 0.433. The lowest BCUT2D eigenvalue weighted by Gasteiger charge is -2.39. The van der Waals surface area contributed by atoms with Crippen LogP contribution in [0.15, 0.2) is 0 Å². The molecule has 2 fully saturated rings. The van der Waals surface area contributed by atoms with E-state index < -0.39 is 0 Å². The predicted octanol–water partition coefficient (Wildman–Crippen LogP) is -0.262. The van der Waals surface area contributed by atoms with Crippen LogP contribution in [0.5, 0.6) is 0 Å². The molecule has 0 bridgehead atoms. The van der Waals surface area contributed by atoms with E-state index in [9.17, 15) is 4.79 Å². The van der Waals surface area contributed by atoms with Gasteiger partial charge in [-0.15, -0.1) is 0 Å². The van der Waals surface area contributed by atoms with E-state index in [1.54, 1.807) is 0 Å². The zero-order chi connectivity index (χ0) is 13.9. The molecule has 0 radical (unpaired) electrons. The molecule has 0 spiro atoms. The van der Waals surface area contributed by atoms with Gasteiger partial charge in [0.2, 0.25) is 5.91 Å². The molecule has 2 unspecified atom stereocenters. The highest BCUT2D eigenvalue weighted by Gasteiger charge is 2.35. The molecule has 2 heterocycles. The summed E-state index contributed by atoms with van der Waals surface area (Å²) < 4.78 is 0. The van der Waals surface area contributed by atoms with Gasteiger partial charge in [0.05, 0.1) is 5.41 Å². The van der Waals surface area contributed by atoms with E-state index in [-0.39, 0.29) is 11.3 Å². The number of nitrogens with zero attached hydrogens (tertiary/aromatic N) is 2. The Morgan fingerprint density at radius 1 is 1.42 bits per heavy atom. The Bertz CT molecular complexity index is 315. The van der Waals surface area contributed by atoms with Crippen molar-refractivity contribution in [2.24, 2.45) is 5.41 Å². The van der Waals surface area contributed by atoms with E-state index in [2.05, 4.69) is 41.5 Å². The predicted molar refractivity (Wildman–Crippen MR) is 77.1 cm³/mol. The van der Waals surface area contributed by atoms with Crippen molar-refractivity contribution in [2.45, 2.75) is 25.8 Å². The van der Waals surface area contributed by atoms with Crippen LogP contribution in [0, 0.1) is 5.41 Å². The maximum Gasteiger partial charge on any atom is 0.227 e. The first-order chi connectivity index (χ1) is 9.01. The van der Waals surface area contributed by atoms with Gasteiger partial charge in [-0.1, -0.05) is 0 Å². The third-order valence-corrected chi connectivity index (χ3v) is 4.62. The molecule has 0 aromatic rings. The zero-order valence-electron chi connectivity index (χ0n) is 12.5. The number of rotatable bonds is 3. The Hall–Kier alpha value is -0.650. The highest BCUT2D eigenvalue weighted by molar-refractivity contribution is 5.82. The van der Waals surface area contributed by atoms with Crippen molar-refractivity contribution in [1.29, 1.82) is 0 Å². The van der Waals surface area contributed by atoms with E-state index in [1.807, 2.05) is 0 Å². The molecule has 2 saturated heterocycles. The Balaban J connectivity index is 1.82. The van der Waals surface area contributed by atoms with Gasteiger partial charge in [-0.05, 0) is 40.4 Å². The van der Waals surface area contributed by atoms with Gasteiger partial charge < -0.3 is 15.5 Å². The summed E-state index contributed by atoms with van der Waals surface area (Å²) in [4.78, 5) is 17.1. The fourth-order valence-electron chi connectivity index (χ4n) is 3.00. The molecule has 2 rings (SSSR count). The van der Waals surface area contributed by atoms with E-state index in [0.29, 0.717) is 6.04 Å². The van der Waals surface area contributed by atoms with Crippen molar-refractivity contribution in [3.8, 4) is 0 Å². The monoisotopic (exact) mass is 268 g/mol. The number of hydrogen-bond donors (Lipinski definition) is 2. The summed E-state index contributed by atoms with van der Waals surface area (Å²) in [7, 11) is 4.29. The molecule has 2 N–H and O–H groups in total. The lowest BCUT2D eigenvalue weighted by molar-refractivity contribution is -0.131. The molecule has 110 valence electrons. The highest BCUT2D eigenvalue weighted by Crippen LogP contribution is 2.25. The van der Waals surface area contributed by atoms with Crippen molar-refractivity contribution in [2.75, 3.05) is 53.4 Å². The summed E-state index contributed by atoms with van der Waals surface area (Å²) in [5, 5.41) is 6.50. The minimum absolute atomic E-state index is 0.210. The highest BCUT2D eigenvalue weighted by atomic mass is 16.2. The van der Waals surface area contributed by atoms with Gasteiger partial charge in [0.15, 0.2) is 0 Å². The fourth-order valence-corrected chi connectivity index (χ4v) is 3.00. The molecule has 19 heavy (non-hydrogen) atoms. The van der Waals surface area contributed by atoms with Crippen molar-refractivity contribution in [1.82, 2.24) is 20.4 Å². The zero-order valence-corrected chi connectivity index (χ0v) is 12.5. The van der Waals surface area contributed by atoms with Crippen LogP contribution in [0.3, 0.4) is 0 Å². The van der Waals surface area contributed by atoms with Gasteiger partial charge in [-0.2, -0.15) is 0 Å². The van der Waals surface area contributed by atoms with Crippen LogP contribution in [0.2, 0.25) is 0 Å². The lowest BCUT2D eigenvalue weighted by Crippen LogP contribution is -2.56. The average molecular weight is 268 g/mol. The van der Waals surface area contributed by atoms with Crippen LogP contribution in [0.4, 0.5) is 0 Å². The summed E-state index contributed by atoms with van der Waals surface area (Å²) in [5.74, 6) is 0.210. The first-order valence-electron chi connectivity index (χ1n) is 7.39. The van der Waals surface area contributed by atoms with Crippen molar-refractivity contribution in [3.63, 3.8) is 0 Å². The van der Waals surface area contributed by atoms with Crippen molar-refractivity contribution in [3.05, 3.63) is 0 Å². The maximum absolute atomic E-state index is 12.4. The van der Waals surface area contributed by atoms with Gasteiger partial charge in [-0.3, -0.25) is 9.69 Å². The second-order valence-electron chi connectivity index (χ2n) is 6.45. The van der Waals surface area contributed by atoms with Crippen LogP contribution in [0.1, 0.15) is 19.8 Å². The van der Waals surface area contributed by atoms with Gasteiger partial charge >= 0.3 is 0 Å². The van der Waals surface area contributed by atoms with E-state index in [1.165, 1.54) is 0 Å². The third-order valence-electron chi connectivity index (χ3n) is 4.62. The Kier molecular flexibility index (Phi) is 4.81. The normalized spacial score (nSPS) is 34.2. The topological polar surface area (TPSA) is 47.6 Å². The van der Waals surface area contributed by atoms with Crippen molar-refractivity contribution < 1.29 is 4.79 Å². The fraction of sp³-hybridized carbons (Fsp3) is 0.929. The summed E-state index contributed by atoms with van der Waals surface area (Å²) in [6.45, 7) is 7.91. The van der Waals surface area contributed by atoms with Gasteiger partial charge in [0.25, 0.3) is 0 Å². The Morgan fingerprint density at radius 3 is 2.89 bits per heavy atom. The van der Waals surface area contributed by atoms with Crippen LogP contribution < -0.4 is 10.6 Å². The molecular formula is C14H28N4O. The van der Waals surface area contributed by atoms with Crippen molar-refractivity contribution >= 4 is 5.91 Å². The molecule has 0 aliphatic carbocycles. The second kappa shape index (κ2) is 6.20. The molecule has 2 aliphatic rings. The number of piperazine rings is 1. The molecule has 5 heteroatoms. The number of nitrogens with one attached hydrogen (secondary N) is 2. The summed E-state index contributed by atoms with van der Waals surface area (Å²) in [5.41, 5.74) is -0.225.